The van der Waals surface area contributed by atoms with Gasteiger partial charge in [-0.05, 0) is 17.7 Å². The Labute approximate surface area is 135 Å². The second-order valence-electron chi connectivity index (χ2n) is 4.56. The molecule has 0 aliphatic rings. The first-order chi connectivity index (χ1) is 11.0. The van der Waals surface area contributed by atoms with Gasteiger partial charge < -0.3 is 0 Å². The summed E-state index contributed by atoms with van der Waals surface area (Å²) < 4.78 is 27.5. The lowest BCUT2D eigenvalue weighted by molar-refractivity contribution is 0.0981. The molecule has 0 spiro atoms. The fraction of sp³-hybridized carbons (Fsp3) is 0.0769. The molecule has 1 N–H and O–H groups in total. The zero-order valence-corrected chi connectivity index (χ0v) is 13.3. The van der Waals surface area contributed by atoms with Crippen LogP contribution in [-0.4, -0.2) is 34.3 Å². The van der Waals surface area contributed by atoms with E-state index in [1.54, 1.807) is 41.3 Å². The molecule has 10 heteroatoms. The number of benzene rings is 1. The van der Waals surface area contributed by atoms with Gasteiger partial charge in [-0.25, -0.2) is 14.4 Å². The average molecular weight is 349 g/mol. The highest BCUT2D eigenvalue weighted by Crippen LogP contribution is 2.10. The zero-order valence-electron chi connectivity index (χ0n) is 11.7. The van der Waals surface area contributed by atoms with Crippen LogP contribution < -0.4 is 4.72 Å². The highest BCUT2D eigenvalue weighted by Gasteiger charge is 2.20. The van der Waals surface area contributed by atoms with Crippen molar-refractivity contribution in [3.8, 4) is 0 Å². The third-order valence-electron chi connectivity index (χ3n) is 2.94. The fourth-order valence-electron chi connectivity index (χ4n) is 1.83. The monoisotopic (exact) mass is 349 g/mol. The first-order valence-electron chi connectivity index (χ1n) is 6.43. The van der Waals surface area contributed by atoms with Gasteiger partial charge in [0.1, 0.15) is 0 Å². The van der Waals surface area contributed by atoms with Crippen LogP contribution in [0.2, 0.25) is 0 Å². The van der Waals surface area contributed by atoms with E-state index in [1.807, 2.05) is 4.72 Å². The van der Waals surface area contributed by atoms with Crippen LogP contribution in [0.4, 0.5) is 0 Å². The van der Waals surface area contributed by atoms with Gasteiger partial charge in [-0.15, -0.1) is 16.4 Å². The van der Waals surface area contributed by atoms with E-state index in [9.17, 15) is 13.2 Å². The van der Waals surface area contributed by atoms with Crippen molar-refractivity contribution in [3.63, 3.8) is 0 Å². The predicted octanol–water partition coefficient (Wildman–Crippen LogP) is 0.902. The number of carbonyl (C=O) groups is 1. The summed E-state index contributed by atoms with van der Waals surface area (Å²) in [6.07, 6.45) is 3.30. The highest BCUT2D eigenvalue weighted by atomic mass is 32.2. The minimum atomic E-state index is -3.94. The maximum atomic E-state index is 12.0. The SMILES string of the molecule is O=C(NS(=O)(=O)c1cscn1)c1ccc(Cn2ccnn2)cc1. The summed E-state index contributed by atoms with van der Waals surface area (Å²) in [5.41, 5.74) is 2.54. The van der Waals surface area contributed by atoms with Crippen LogP contribution >= 0.6 is 11.3 Å². The van der Waals surface area contributed by atoms with Crippen molar-refractivity contribution in [2.45, 2.75) is 11.6 Å². The fourth-order valence-corrected chi connectivity index (χ4v) is 3.64. The predicted molar refractivity (Wildman–Crippen MR) is 82.3 cm³/mol. The zero-order chi connectivity index (χ0) is 16.3. The lowest BCUT2D eigenvalue weighted by Gasteiger charge is -2.06. The molecule has 23 heavy (non-hydrogen) atoms. The maximum Gasteiger partial charge on any atom is 0.282 e. The first kappa shape index (κ1) is 15.3. The lowest BCUT2D eigenvalue weighted by Crippen LogP contribution is -2.30. The van der Waals surface area contributed by atoms with Gasteiger partial charge in [0.15, 0.2) is 5.03 Å². The number of hydrogen-bond donors (Lipinski definition) is 1. The van der Waals surface area contributed by atoms with Gasteiger partial charge in [0.25, 0.3) is 15.9 Å². The molecule has 2 heterocycles. The second kappa shape index (κ2) is 6.26. The standard InChI is InChI=1S/C13H11N5O3S2/c19-13(16-23(20,21)12-8-22-9-14-12)11-3-1-10(2-4-11)7-18-6-5-15-17-18/h1-6,8-9H,7H2,(H,16,19). The molecule has 1 amide bonds. The van der Waals surface area contributed by atoms with E-state index in [-0.39, 0.29) is 10.6 Å². The quantitative estimate of drug-likeness (QED) is 0.733. The van der Waals surface area contributed by atoms with E-state index in [0.29, 0.717) is 6.54 Å². The number of carbonyl (C=O) groups excluding carboxylic acids is 1. The van der Waals surface area contributed by atoms with Gasteiger partial charge in [-0.2, -0.15) is 8.42 Å². The molecule has 0 unspecified atom stereocenters. The Kier molecular flexibility index (Phi) is 4.17. The van der Waals surface area contributed by atoms with Gasteiger partial charge in [0, 0.05) is 17.1 Å². The van der Waals surface area contributed by atoms with Crippen molar-refractivity contribution in [2.24, 2.45) is 0 Å². The topological polar surface area (TPSA) is 107 Å². The van der Waals surface area contributed by atoms with Crippen molar-refractivity contribution < 1.29 is 13.2 Å². The van der Waals surface area contributed by atoms with Crippen molar-refractivity contribution in [2.75, 3.05) is 0 Å². The Balaban J connectivity index is 1.71. The van der Waals surface area contributed by atoms with Gasteiger partial charge in [-0.3, -0.25) is 4.79 Å². The largest absolute Gasteiger partial charge is 0.282 e. The Morgan fingerprint density at radius 3 is 2.65 bits per heavy atom. The Hall–Kier alpha value is -2.59. The summed E-state index contributed by atoms with van der Waals surface area (Å²) in [5.74, 6) is -0.703. The molecule has 0 aliphatic carbocycles. The van der Waals surface area contributed by atoms with Crippen LogP contribution in [0.5, 0.6) is 0 Å². The van der Waals surface area contributed by atoms with E-state index in [2.05, 4.69) is 15.3 Å². The average Bonchev–Trinajstić information content (AvgIpc) is 3.21. The first-order valence-corrected chi connectivity index (χ1v) is 8.85. The van der Waals surface area contributed by atoms with Gasteiger partial charge in [0.05, 0.1) is 18.3 Å². The van der Waals surface area contributed by atoms with Crippen LogP contribution in [-0.2, 0) is 16.6 Å². The lowest BCUT2D eigenvalue weighted by atomic mass is 10.1. The molecule has 3 rings (SSSR count). The molecule has 0 bridgehead atoms. The normalized spacial score (nSPS) is 11.3. The molecule has 0 saturated carbocycles. The van der Waals surface area contributed by atoms with Gasteiger partial charge in [0.2, 0.25) is 0 Å². The second-order valence-corrected chi connectivity index (χ2v) is 6.91. The number of sulfonamides is 1. The van der Waals surface area contributed by atoms with E-state index in [1.165, 1.54) is 10.9 Å². The minimum absolute atomic E-state index is 0.168. The van der Waals surface area contributed by atoms with Crippen molar-refractivity contribution in [3.05, 3.63) is 58.7 Å². The molecule has 118 valence electrons. The van der Waals surface area contributed by atoms with Crippen molar-refractivity contribution in [1.82, 2.24) is 24.7 Å². The Bertz CT molecular complexity index is 888. The Morgan fingerprint density at radius 1 is 1.26 bits per heavy atom. The number of hydrogen-bond acceptors (Lipinski definition) is 7. The third-order valence-corrected chi connectivity index (χ3v) is 4.91. The minimum Gasteiger partial charge on any atom is -0.268 e. The van der Waals surface area contributed by atoms with Crippen LogP contribution in [0, 0.1) is 0 Å². The van der Waals surface area contributed by atoms with E-state index >= 15 is 0 Å². The summed E-state index contributed by atoms with van der Waals surface area (Å²) in [6, 6.07) is 6.56. The molecule has 1 aromatic carbocycles. The highest BCUT2D eigenvalue weighted by molar-refractivity contribution is 7.90. The molecular weight excluding hydrogens is 338 g/mol. The summed E-state index contributed by atoms with van der Waals surface area (Å²) in [4.78, 5) is 15.7. The molecule has 2 aromatic heterocycles. The third kappa shape index (κ3) is 3.60. The van der Waals surface area contributed by atoms with E-state index < -0.39 is 15.9 Å². The molecule has 8 nitrogen and oxygen atoms in total. The van der Waals surface area contributed by atoms with Gasteiger partial charge >= 0.3 is 0 Å². The number of rotatable bonds is 5. The number of amides is 1. The number of thiazole rings is 1. The van der Waals surface area contributed by atoms with Crippen LogP contribution in [0.25, 0.3) is 0 Å². The van der Waals surface area contributed by atoms with E-state index in [0.717, 1.165) is 16.9 Å². The number of aromatic nitrogens is 4. The molecular formula is C13H11N5O3S2. The molecule has 0 radical (unpaired) electrons. The summed E-state index contributed by atoms with van der Waals surface area (Å²) >= 11 is 1.14. The summed E-state index contributed by atoms with van der Waals surface area (Å²) in [5, 5.41) is 8.74. The Morgan fingerprint density at radius 2 is 2.04 bits per heavy atom. The summed E-state index contributed by atoms with van der Waals surface area (Å²) in [6.45, 7) is 0.513. The molecule has 0 saturated heterocycles. The molecule has 0 atom stereocenters. The maximum absolute atomic E-state index is 12.0. The molecule has 3 aromatic rings. The van der Waals surface area contributed by atoms with Gasteiger partial charge in [-0.1, -0.05) is 17.3 Å². The summed E-state index contributed by atoms with van der Waals surface area (Å²) in [7, 11) is -3.94. The number of nitrogens with zero attached hydrogens (tertiary/aromatic N) is 4. The van der Waals surface area contributed by atoms with Crippen LogP contribution in [0.15, 0.2) is 52.6 Å². The van der Waals surface area contributed by atoms with Crippen LogP contribution in [0.3, 0.4) is 0 Å². The number of nitrogens with one attached hydrogen (secondary N) is 1. The van der Waals surface area contributed by atoms with E-state index in [4.69, 9.17) is 0 Å². The smallest absolute Gasteiger partial charge is 0.268 e. The van der Waals surface area contributed by atoms with Crippen LogP contribution in [0.1, 0.15) is 15.9 Å². The van der Waals surface area contributed by atoms with Crippen molar-refractivity contribution in [1.29, 1.82) is 0 Å². The molecule has 0 aliphatic heterocycles. The van der Waals surface area contributed by atoms with Crippen molar-refractivity contribution >= 4 is 27.3 Å². The molecule has 0 fully saturated rings.